The molecule has 0 fully saturated rings. The summed E-state index contributed by atoms with van der Waals surface area (Å²) in [4.78, 5) is 11.1. The Balaban J connectivity index is 2.51. The van der Waals surface area contributed by atoms with Crippen molar-refractivity contribution in [3.63, 3.8) is 0 Å². The first-order chi connectivity index (χ1) is 11.0. The molecule has 1 aromatic heterocycles. The molecule has 2 rings (SSSR count). The van der Waals surface area contributed by atoms with E-state index in [9.17, 15) is 31.1 Å². The van der Waals surface area contributed by atoms with Gasteiger partial charge in [-0.05, 0) is 17.7 Å². The molecular formula is C12H8F6N4O2. The lowest BCUT2D eigenvalue weighted by Crippen LogP contribution is -2.19. The minimum absolute atomic E-state index is 0.476. The topological polar surface area (TPSA) is 80.0 Å². The smallest absolute Gasteiger partial charge is 0.288 e. The minimum Gasteiger partial charge on any atom is -0.288 e. The number of rotatable bonds is 3. The van der Waals surface area contributed by atoms with E-state index in [1.54, 1.807) is 0 Å². The van der Waals surface area contributed by atoms with Crippen LogP contribution in [0.3, 0.4) is 0 Å². The second-order valence-electron chi connectivity index (χ2n) is 4.57. The van der Waals surface area contributed by atoms with Crippen LogP contribution in [0, 0.1) is 0 Å². The van der Waals surface area contributed by atoms with Gasteiger partial charge in [-0.3, -0.25) is 10.0 Å². The summed E-state index contributed by atoms with van der Waals surface area (Å²) >= 11 is 0. The largest absolute Gasteiger partial charge is 0.416 e. The zero-order valence-corrected chi connectivity index (χ0v) is 11.5. The predicted molar refractivity (Wildman–Crippen MR) is 64.8 cm³/mol. The number of nitrogens with one attached hydrogen (secondary N) is 1. The maximum Gasteiger partial charge on any atom is 0.416 e. The van der Waals surface area contributed by atoms with Gasteiger partial charge in [-0.2, -0.15) is 26.3 Å². The number of alkyl halides is 6. The summed E-state index contributed by atoms with van der Waals surface area (Å²) < 4.78 is 78.6. The molecule has 130 valence electrons. The Labute approximate surface area is 129 Å². The van der Waals surface area contributed by atoms with Gasteiger partial charge in [-0.25, -0.2) is 10.2 Å². The Hall–Kier alpha value is -2.63. The first-order valence-electron chi connectivity index (χ1n) is 6.15. The van der Waals surface area contributed by atoms with Crippen LogP contribution in [0.25, 0.3) is 0 Å². The van der Waals surface area contributed by atoms with Crippen molar-refractivity contribution in [2.24, 2.45) is 0 Å². The van der Waals surface area contributed by atoms with Crippen LogP contribution in [0.2, 0.25) is 0 Å². The first kappa shape index (κ1) is 17.7. The molecule has 0 saturated carbocycles. The minimum atomic E-state index is -5.01. The average molecular weight is 354 g/mol. The van der Waals surface area contributed by atoms with E-state index in [0.717, 1.165) is 6.20 Å². The van der Waals surface area contributed by atoms with Crippen LogP contribution in [0.15, 0.2) is 24.4 Å². The van der Waals surface area contributed by atoms with Crippen molar-refractivity contribution < 1.29 is 36.3 Å². The molecule has 0 atom stereocenters. The van der Waals surface area contributed by atoms with E-state index in [1.165, 1.54) is 5.48 Å². The van der Waals surface area contributed by atoms with Crippen molar-refractivity contribution in [2.45, 2.75) is 18.9 Å². The van der Waals surface area contributed by atoms with Crippen molar-refractivity contribution in [1.29, 1.82) is 0 Å². The molecule has 6 nitrogen and oxygen atoms in total. The molecule has 2 aromatic rings. The lowest BCUT2D eigenvalue weighted by atomic mass is 10.00. The maximum atomic E-state index is 13.0. The molecular weight excluding hydrogens is 346 g/mol. The molecule has 0 aliphatic carbocycles. The SMILES string of the molecule is O=C(NO)c1cn(Cc2c(C(F)(F)F)cccc2C(F)(F)F)nn1. The van der Waals surface area contributed by atoms with Gasteiger partial charge < -0.3 is 0 Å². The van der Waals surface area contributed by atoms with Crippen LogP contribution in [0.4, 0.5) is 26.3 Å². The van der Waals surface area contributed by atoms with E-state index >= 15 is 0 Å². The Morgan fingerprint density at radius 1 is 1.12 bits per heavy atom. The maximum absolute atomic E-state index is 13.0. The zero-order valence-electron chi connectivity index (χ0n) is 11.5. The molecule has 0 aliphatic rings. The van der Waals surface area contributed by atoms with E-state index in [-0.39, 0.29) is 0 Å². The third-order valence-corrected chi connectivity index (χ3v) is 2.98. The van der Waals surface area contributed by atoms with E-state index in [0.29, 0.717) is 22.9 Å². The highest BCUT2D eigenvalue weighted by Crippen LogP contribution is 2.39. The zero-order chi connectivity index (χ0) is 18.1. The Kier molecular flexibility index (Phi) is 4.51. The number of nitrogens with zero attached hydrogens (tertiary/aromatic N) is 3. The van der Waals surface area contributed by atoms with Gasteiger partial charge in [0.2, 0.25) is 0 Å². The molecule has 0 radical (unpaired) electrons. The predicted octanol–water partition coefficient (Wildman–Crippen LogP) is 2.48. The van der Waals surface area contributed by atoms with Crippen molar-refractivity contribution in [3.8, 4) is 0 Å². The fourth-order valence-corrected chi connectivity index (χ4v) is 1.99. The fraction of sp³-hybridized carbons (Fsp3) is 0.250. The van der Waals surface area contributed by atoms with Crippen LogP contribution in [0.1, 0.15) is 27.2 Å². The number of aromatic nitrogens is 3. The number of carbonyl (C=O) groups excluding carboxylic acids is 1. The van der Waals surface area contributed by atoms with Crippen molar-refractivity contribution in [1.82, 2.24) is 20.5 Å². The summed E-state index contributed by atoms with van der Waals surface area (Å²) in [6.07, 6.45) is -9.22. The van der Waals surface area contributed by atoms with E-state index in [1.807, 2.05) is 0 Å². The highest BCUT2D eigenvalue weighted by Gasteiger charge is 2.40. The number of hydroxylamine groups is 1. The molecule has 24 heavy (non-hydrogen) atoms. The van der Waals surface area contributed by atoms with Crippen LogP contribution >= 0.6 is 0 Å². The van der Waals surface area contributed by atoms with E-state index in [4.69, 9.17) is 5.21 Å². The number of hydrogen-bond donors (Lipinski definition) is 2. The molecule has 0 spiro atoms. The number of benzene rings is 1. The third kappa shape index (κ3) is 3.64. The van der Waals surface area contributed by atoms with Crippen LogP contribution in [-0.4, -0.2) is 26.1 Å². The van der Waals surface area contributed by atoms with Crippen molar-refractivity contribution >= 4 is 5.91 Å². The highest BCUT2D eigenvalue weighted by atomic mass is 19.4. The second kappa shape index (κ2) is 6.11. The molecule has 0 bridgehead atoms. The van der Waals surface area contributed by atoms with Gasteiger partial charge in [-0.15, -0.1) is 5.10 Å². The second-order valence-corrected chi connectivity index (χ2v) is 4.57. The Morgan fingerprint density at radius 3 is 2.12 bits per heavy atom. The number of carbonyl (C=O) groups is 1. The van der Waals surface area contributed by atoms with Gasteiger partial charge in [0, 0.05) is 0 Å². The number of halogens is 6. The molecule has 12 heteroatoms. The standard InChI is InChI=1S/C12H8F6N4O2/c13-11(14,15)7-2-1-3-8(12(16,17)18)6(7)4-22-5-9(19-21-22)10(23)20-24/h1-3,5,24H,4H2,(H,20,23). The van der Waals surface area contributed by atoms with Crippen LogP contribution < -0.4 is 5.48 Å². The summed E-state index contributed by atoms with van der Waals surface area (Å²) in [5, 5.41) is 14.9. The summed E-state index contributed by atoms with van der Waals surface area (Å²) in [5.74, 6) is -1.11. The Bertz CT molecular complexity index is 720. The van der Waals surface area contributed by atoms with Gasteiger partial charge >= 0.3 is 12.4 Å². The quantitative estimate of drug-likeness (QED) is 0.504. The number of amides is 1. The summed E-state index contributed by atoms with van der Waals surface area (Å²) in [5.41, 5.74) is -3.26. The highest BCUT2D eigenvalue weighted by molar-refractivity contribution is 5.90. The fourth-order valence-electron chi connectivity index (χ4n) is 1.99. The van der Waals surface area contributed by atoms with E-state index < -0.39 is 47.2 Å². The van der Waals surface area contributed by atoms with Crippen LogP contribution in [-0.2, 0) is 18.9 Å². The normalized spacial score (nSPS) is 12.3. The molecule has 1 heterocycles. The Morgan fingerprint density at radius 2 is 1.67 bits per heavy atom. The van der Waals surface area contributed by atoms with Crippen molar-refractivity contribution in [3.05, 3.63) is 46.8 Å². The molecule has 0 unspecified atom stereocenters. The summed E-state index contributed by atoms with van der Waals surface area (Å²) in [6.45, 7) is -0.920. The molecule has 2 N–H and O–H groups in total. The number of hydrogen-bond acceptors (Lipinski definition) is 4. The molecule has 1 aromatic carbocycles. The third-order valence-electron chi connectivity index (χ3n) is 2.98. The van der Waals surface area contributed by atoms with Gasteiger partial charge in [0.15, 0.2) is 5.69 Å². The first-order valence-corrected chi connectivity index (χ1v) is 6.15. The lowest BCUT2D eigenvalue weighted by molar-refractivity contribution is -0.144. The van der Waals surface area contributed by atoms with Gasteiger partial charge in [0.25, 0.3) is 5.91 Å². The average Bonchev–Trinajstić information content (AvgIpc) is 2.93. The van der Waals surface area contributed by atoms with Crippen LogP contribution in [0.5, 0.6) is 0 Å². The van der Waals surface area contributed by atoms with Gasteiger partial charge in [0.05, 0.1) is 23.9 Å². The van der Waals surface area contributed by atoms with Crippen molar-refractivity contribution in [2.75, 3.05) is 0 Å². The van der Waals surface area contributed by atoms with E-state index in [2.05, 4.69) is 10.3 Å². The van der Waals surface area contributed by atoms with Gasteiger partial charge in [0.1, 0.15) is 0 Å². The monoisotopic (exact) mass is 354 g/mol. The van der Waals surface area contributed by atoms with Gasteiger partial charge in [-0.1, -0.05) is 11.3 Å². The molecule has 0 aliphatic heterocycles. The summed E-state index contributed by atoms with van der Waals surface area (Å²) in [7, 11) is 0. The summed E-state index contributed by atoms with van der Waals surface area (Å²) in [6, 6.07) is 1.69. The molecule has 0 saturated heterocycles. The molecule has 1 amide bonds. The lowest BCUT2D eigenvalue weighted by Gasteiger charge is -2.18.